The van der Waals surface area contributed by atoms with Crippen LogP contribution in [-0.4, -0.2) is 73.2 Å². The summed E-state index contributed by atoms with van der Waals surface area (Å²) in [5, 5.41) is 4.86. The van der Waals surface area contributed by atoms with Crippen LogP contribution in [0.1, 0.15) is 34.1 Å². The minimum atomic E-state index is -0.483. The van der Waals surface area contributed by atoms with Gasteiger partial charge in [-0.3, -0.25) is 15.0 Å². The highest BCUT2D eigenvalue weighted by Crippen LogP contribution is 2.09. The number of hydrogen-bond donors (Lipinski definition) is 2. The molecule has 0 spiro atoms. The zero-order valence-electron chi connectivity index (χ0n) is 15.1. The summed E-state index contributed by atoms with van der Waals surface area (Å²) in [7, 11) is 0. The van der Waals surface area contributed by atoms with Crippen molar-refractivity contribution in [1.82, 2.24) is 20.4 Å². The first-order valence-corrected chi connectivity index (χ1v) is 8.59. The Morgan fingerprint density at radius 2 is 1.79 bits per heavy atom. The van der Waals surface area contributed by atoms with Gasteiger partial charge >= 0.3 is 12.1 Å². The molecule has 4 amide bonds. The van der Waals surface area contributed by atoms with Crippen LogP contribution >= 0.6 is 0 Å². The van der Waals surface area contributed by atoms with Crippen LogP contribution in [0, 0.1) is 5.92 Å². The quantitative estimate of drug-likeness (QED) is 0.778. The van der Waals surface area contributed by atoms with Crippen molar-refractivity contribution in [3.63, 3.8) is 0 Å². The lowest BCUT2D eigenvalue weighted by Gasteiger charge is -2.26. The molecular formula is C16H30N4O4. The number of nitrogens with one attached hydrogen (secondary N) is 2. The van der Waals surface area contributed by atoms with E-state index in [1.165, 1.54) is 0 Å². The number of rotatable bonds is 5. The molecule has 24 heavy (non-hydrogen) atoms. The predicted octanol–water partition coefficient (Wildman–Crippen LogP) is 1.02. The molecule has 0 radical (unpaired) electrons. The van der Waals surface area contributed by atoms with Gasteiger partial charge in [0.2, 0.25) is 5.91 Å². The summed E-state index contributed by atoms with van der Waals surface area (Å²) in [6, 6.07) is -0.915. The molecular weight excluding hydrogens is 312 g/mol. The molecule has 0 aromatic carbocycles. The summed E-state index contributed by atoms with van der Waals surface area (Å²) in [5.74, 6) is -0.0350. The number of carbonyl (C=O) groups is 3. The molecule has 1 rings (SSSR count). The normalized spacial score (nSPS) is 17.1. The Balaban J connectivity index is 2.48. The average Bonchev–Trinajstić information content (AvgIpc) is 2.78. The van der Waals surface area contributed by atoms with E-state index < -0.39 is 12.1 Å². The van der Waals surface area contributed by atoms with Gasteiger partial charge in [0.05, 0.1) is 12.6 Å². The second kappa shape index (κ2) is 10.1. The van der Waals surface area contributed by atoms with Crippen LogP contribution in [0.15, 0.2) is 0 Å². The summed E-state index contributed by atoms with van der Waals surface area (Å²) in [6.07, 6.45) is 0.459. The Bertz CT molecular complexity index is 442. The van der Waals surface area contributed by atoms with Crippen molar-refractivity contribution in [1.29, 1.82) is 0 Å². The number of carbonyl (C=O) groups excluding carboxylic acids is 3. The molecule has 0 aliphatic carbocycles. The highest BCUT2D eigenvalue weighted by Gasteiger charge is 2.27. The van der Waals surface area contributed by atoms with Crippen molar-refractivity contribution >= 4 is 18.0 Å². The Morgan fingerprint density at radius 3 is 2.42 bits per heavy atom. The van der Waals surface area contributed by atoms with Gasteiger partial charge < -0.3 is 15.0 Å². The van der Waals surface area contributed by atoms with Gasteiger partial charge in [0.1, 0.15) is 0 Å². The highest BCUT2D eigenvalue weighted by atomic mass is 16.6. The van der Waals surface area contributed by atoms with Gasteiger partial charge in [-0.2, -0.15) is 0 Å². The largest absolute Gasteiger partial charge is 0.449 e. The molecule has 0 aromatic rings. The Kier molecular flexibility index (Phi) is 8.53. The Morgan fingerprint density at radius 1 is 1.08 bits per heavy atom. The number of amides is 4. The maximum Gasteiger partial charge on any atom is 0.409 e. The molecule has 0 aromatic heterocycles. The van der Waals surface area contributed by atoms with Crippen molar-refractivity contribution in [3.8, 4) is 0 Å². The topological polar surface area (TPSA) is 91.0 Å². The lowest BCUT2D eigenvalue weighted by atomic mass is 10.2. The molecule has 0 saturated carbocycles. The molecule has 1 aliphatic heterocycles. The minimum Gasteiger partial charge on any atom is -0.449 e. The molecule has 1 fully saturated rings. The van der Waals surface area contributed by atoms with Crippen molar-refractivity contribution < 1.29 is 19.1 Å². The minimum absolute atomic E-state index is 0.301. The lowest BCUT2D eigenvalue weighted by Crippen LogP contribution is -2.50. The molecule has 1 unspecified atom stereocenters. The fourth-order valence-corrected chi connectivity index (χ4v) is 2.42. The maximum atomic E-state index is 12.1. The summed E-state index contributed by atoms with van der Waals surface area (Å²) >= 11 is 0. The van der Waals surface area contributed by atoms with Gasteiger partial charge in [-0.05, 0) is 26.2 Å². The van der Waals surface area contributed by atoms with Crippen LogP contribution in [0.2, 0.25) is 0 Å². The average molecular weight is 342 g/mol. The molecule has 8 heteroatoms. The predicted molar refractivity (Wildman–Crippen MR) is 90.6 cm³/mol. The first-order chi connectivity index (χ1) is 11.3. The number of imide groups is 1. The molecule has 1 atom stereocenters. The SMILES string of the molecule is CCNC(=O)NC(=O)C(C)N1CCCN(C(=O)OCC(C)C)CC1. The second-order valence-corrected chi connectivity index (χ2v) is 6.37. The van der Waals surface area contributed by atoms with Gasteiger partial charge in [0.15, 0.2) is 0 Å². The Hall–Kier alpha value is -1.83. The van der Waals surface area contributed by atoms with Gasteiger partial charge in [-0.1, -0.05) is 13.8 Å². The van der Waals surface area contributed by atoms with Crippen LogP contribution in [0.5, 0.6) is 0 Å². The number of nitrogens with zero attached hydrogens (tertiary/aromatic N) is 2. The van der Waals surface area contributed by atoms with Crippen molar-refractivity contribution in [2.75, 3.05) is 39.3 Å². The summed E-state index contributed by atoms with van der Waals surface area (Å²) < 4.78 is 5.26. The number of urea groups is 1. The van der Waals surface area contributed by atoms with Gasteiger partial charge in [0.25, 0.3) is 0 Å². The third kappa shape index (κ3) is 6.74. The zero-order chi connectivity index (χ0) is 18.1. The third-order valence-electron chi connectivity index (χ3n) is 3.83. The van der Waals surface area contributed by atoms with Crippen LogP contribution < -0.4 is 10.6 Å². The standard InChI is InChI=1S/C16H30N4O4/c1-5-17-15(22)18-14(21)13(4)19-7-6-8-20(10-9-19)16(23)24-11-12(2)3/h12-13H,5-11H2,1-4H3,(H2,17,18,21,22). The smallest absolute Gasteiger partial charge is 0.409 e. The third-order valence-corrected chi connectivity index (χ3v) is 3.83. The summed E-state index contributed by atoms with van der Waals surface area (Å²) in [6.45, 7) is 10.8. The van der Waals surface area contributed by atoms with E-state index in [-0.39, 0.29) is 12.0 Å². The number of ether oxygens (including phenoxy) is 1. The van der Waals surface area contributed by atoms with Gasteiger partial charge in [0, 0.05) is 32.7 Å². The monoisotopic (exact) mass is 342 g/mol. The van der Waals surface area contributed by atoms with E-state index in [0.717, 1.165) is 6.42 Å². The number of hydrogen-bond acceptors (Lipinski definition) is 5. The maximum absolute atomic E-state index is 12.1. The lowest BCUT2D eigenvalue weighted by molar-refractivity contribution is -0.124. The highest BCUT2D eigenvalue weighted by molar-refractivity contribution is 5.96. The zero-order valence-corrected chi connectivity index (χ0v) is 15.1. The van der Waals surface area contributed by atoms with E-state index in [9.17, 15) is 14.4 Å². The molecule has 8 nitrogen and oxygen atoms in total. The van der Waals surface area contributed by atoms with Crippen molar-refractivity contribution in [2.24, 2.45) is 5.92 Å². The van der Waals surface area contributed by atoms with E-state index in [4.69, 9.17) is 4.74 Å². The van der Waals surface area contributed by atoms with Gasteiger partial charge in [-0.15, -0.1) is 0 Å². The van der Waals surface area contributed by atoms with E-state index in [0.29, 0.717) is 45.2 Å². The van der Waals surface area contributed by atoms with Crippen LogP contribution in [0.25, 0.3) is 0 Å². The fourth-order valence-electron chi connectivity index (χ4n) is 2.42. The Labute approximate surface area is 143 Å². The van der Waals surface area contributed by atoms with E-state index >= 15 is 0 Å². The second-order valence-electron chi connectivity index (χ2n) is 6.37. The summed E-state index contributed by atoms with van der Waals surface area (Å²) in [4.78, 5) is 39.2. The molecule has 0 bridgehead atoms. The van der Waals surface area contributed by atoms with E-state index in [1.807, 2.05) is 18.7 Å². The summed E-state index contributed by atoms with van der Waals surface area (Å²) in [5.41, 5.74) is 0. The molecule has 1 aliphatic rings. The first-order valence-electron chi connectivity index (χ1n) is 8.59. The van der Waals surface area contributed by atoms with Crippen LogP contribution in [0.3, 0.4) is 0 Å². The van der Waals surface area contributed by atoms with Gasteiger partial charge in [-0.25, -0.2) is 9.59 Å². The van der Waals surface area contributed by atoms with Crippen molar-refractivity contribution in [3.05, 3.63) is 0 Å². The molecule has 138 valence electrons. The first kappa shape index (κ1) is 20.2. The van der Waals surface area contributed by atoms with E-state index in [1.54, 1.807) is 18.7 Å². The molecule has 1 heterocycles. The van der Waals surface area contributed by atoms with E-state index in [2.05, 4.69) is 10.6 Å². The van der Waals surface area contributed by atoms with Crippen LogP contribution in [-0.2, 0) is 9.53 Å². The molecule has 1 saturated heterocycles. The molecule has 2 N–H and O–H groups in total. The van der Waals surface area contributed by atoms with Crippen LogP contribution in [0.4, 0.5) is 9.59 Å². The fraction of sp³-hybridized carbons (Fsp3) is 0.812. The van der Waals surface area contributed by atoms with Crippen molar-refractivity contribution in [2.45, 2.75) is 40.2 Å².